The highest BCUT2D eigenvalue weighted by atomic mass is 16.4. The fraction of sp³-hybridized carbons (Fsp3) is 0.0833. The number of benzene rings is 1. The average molecular weight is 279 g/mol. The van der Waals surface area contributed by atoms with E-state index >= 15 is 0 Å². The van der Waals surface area contributed by atoms with E-state index in [0.717, 1.165) is 12.1 Å². The van der Waals surface area contributed by atoms with Crippen LogP contribution in [0.25, 0.3) is 0 Å². The number of aromatic amines is 1. The van der Waals surface area contributed by atoms with E-state index in [1.807, 2.05) is 0 Å². The van der Waals surface area contributed by atoms with Crippen LogP contribution in [0.5, 0.6) is 11.5 Å². The molecule has 20 heavy (non-hydrogen) atoms. The van der Waals surface area contributed by atoms with Crippen LogP contribution < -0.4 is 15.0 Å². The van der Waals surface area contributed by atoms with Gasteiger partial charge in [-0.2, -0.15) is 4.57 Å². The van der Waals surface area contributed by atoms with Crippen molar-refractivity contribution in [1.29, 1.82) is 0 Å². The van der Waals surface area contributed by atoms with Crippen LogP contribution in [0.2, 0.25) is 0 Å². The van der Waals surface area contributed by atoms with E-state index in [4.69, 9.17) is 10.2 Å². The molecule has 2 aromatic rings. The maximum Gasteiger partial charge on any atom is 0.440 e. The number of aromatic hydroxyl groups is 2. The molecule has 0 bridgehead atoms. The lowest BCUT2D eigenvalue weighted by molar-refractivity contribution is -0.570. The number of nitrogens with one attached hydrogen (secondary N) is 2. The third-order valence-corrected chi connectivity index (χ3v) is 2.19. The number of H-pyrrole nitrogens is 1. The maximum absolute atomic E-state index is 10.7. The predicted octanol–water partition coefficient (Wildman–Crippen LogP) is -1.05. The number of phenolic OH excluding ortho intramolecular Hbond substituents is 1. The highest BCUT2D eigenvalue weighted by molar-refractivity contribution is 5.89. The van der Waals surface area contributed by atoms with Gasteiger partial charge < -0.3 is 20.1 Å². The topological polar surface area (TPSA) is 129 Å². The van der Waals surface area contributed by atoms with Gasteiger partial charge in [-0.05, 0) is 18.2 Å². The summed E-state index contributed by atoms with van der Waals surface area (Å²) in [6, 6.07) is 3.05. The molecule has 0 aliphatic heterocycles. The molecule has 0 saturated carbocycles. The van der Waals surface area contributed by atoms with Crippen molar-refractivity contribution in [3.8, 4) is 11.5 Å². The molecule has 2 rings (SSSR count). The molecule has 1 aromatic heterocycles. The van der Waals surface area contributed by atoms with Crippen molar-refractivity contribution in [2.45, 2.75) is 0 Å². The molecule has 0 atom stereocenters. The predicted molar refractivity (Wildman–Crippen MR) is 64.9 cm³/mol. The van der Waals surface area contributed by atoms with Crippen LogP contribution >= 0.6 is 0 Å². The molecule has 1 amide bonds. The van der Waals surface area contributed by atoms with Gasteiger partial charge in [-0.1, -0.05) is 0 Å². The molecular formula is C12H13N3O5. The molecule has 0 fully saturated rings. The minimum Gasteiger partial charge on any atom is -0.545 e. The molecule has 0 unspecified atom stereocenters. The number of rotatable bonds is 1. The molecule has 1 aromatic carbocycles. The van der Waals surface area contributed by atoms with Gasteiger partial charge in [0.1, 0.15) is 17.7 Å². The van der Waals surface area contributed by atoms with Crippen molar-refractivity contribution in [2.24, 2.45) is 0 Å². The largest absolute Gasteiger partial charge is 0.545 e. The van der Waals surface area contributed by atoms with Crippen LogP contribution in [0.1, 0.15) is 10.4 Å². The van der Waals surface area contributed by atoms with E-state index < -0.39 is 17.3 Å². The standard InChI is InChI=1S/C7H6O4.C5H7N3O/c8-4-1-2-6(9)5(3-4)7(10)11;1-6-5(9)8-3-2-7-4-8/h1-3,8-9H,(H,10,11);2-4H,1H3,(H,6,9). The van der Waals surface area contributed by atoms with Crippen LogP contribution in [0.15, 0.2) is 36.9 Å². The van der Waals surface area contributed by atoms with Crippen LogP contribution in [-0.2, 0) is 0 Å². The van der Waals surface area contributed by atoms with Crippen molar-refractivity contribution in [2.75, 3.05) is 7.05 Å². The van der Waals surface area contributed by atoms with E-state index in [2.05, 4.69) is 10.3 Å². The summed E-state index contributed by atoms with van der Waals surface area (Å²) in [6.07, 6.45) is 4.88. The van der Waals surface area contributed by atoms with E-state index in [1.54, 1.807) is 25.8 Å². The third-order valence-electron chi connectivity index (χ3n) is 2.19. The van der Waals surface area contributed by atoms with Gasteiger partial charge in [-0.15, -0.1) is 0 Å². The Bertz CT molecular complexity index is 595. The van der Waals surface area contributed by atoms with Crippen molar-refractivity contribution in [3.63, 3.8) is 0 Å². The van der Waals surface area contributed by atoms with Gasteiger partial charge in [0.05, 0.1) is 19.2 Å². The summed E-state index contributed by atoms with van der Waals surface area (Å²) in [5.74, 6) is -2.15. The monoisotopic (exact) mass is 279 g/mol. The number of imidazole rings is 1. The number of amides is 1. The minimum absolute atomic E-state index is 0.142. The van der Waals surface area contributed by atoms with Crippen molar-refractivity contribution >= 4 is 12.0 Å². The van der Waals surface area contributed by atoms with Crippen LogP contribution in [0, 0.1) is 0 Å². The second-order valence-corrected chi connectivity index (χ2v) is 3.56. The summed E-state index contributed by atoms with van der Waals surface area (Å²) in [4.78, 5) is 23.6. The quantitative estimate of drug-likeness (QED) is 0.391. The second-order valence-electron chi connectivity index (χ2n) is 3.56. The molecular weight excluding hydrogens is 266 g/mol. The molecule has 0 aliphatic rings. The first kappa shape index (κ1) is 15.0. The van der Waals surface area contributed by atoms with Crippen LogP contribution in [-0.4, -0.2) is 34.2 Å². The smallest absolute Gasteiger partial charge is 0.440 e. The molecule has 4 N–H and O–H groups in total. The van der Waals surface area contributed by atoms with Gasteiger partial charge in [-0.25, -0.2) is 4.79 Å². The summed E-state index contributed by atoms with van der Waals surface area (Å²) < 4.78 is 1.42. The Morgan fingerprint density at radius 1 is 1.35 bits per heavy atom. The number of hydrogen-bond donors (Lipinski definition) is 4. The number of carbonyl (C=O) groups excluding carboxylic acids is 2. The lowest BCUT2D eigenvalue weighted by atomic mass is 10.2. The molecule has 8 heteroatoms. The molecule has 1 heterocycles. The number of carboxylic acid groups (broad SMARTS) is 1. The molecule has 106 valence electrons. The highest BCUT2D eigenvalue weighted by Gasteiger charge is 2.04. The summed E-state index contributed by atoms with van der Waals surface area (Å²) in [7, 11) is 1.59. The van der Waals surface area contributed by atoms with Gasteiger partial charge in [0.2, 0.25) is 0 Å². The molecule has 0 aliphatic carbocycles. The lowest BCUT2D eigenvalue weighted by Gasteiger charge is -2.04. The Kier molecular flexibility index (Phi) is 5.10. The van der Waals surface area contributed by atoms with Crippen molar-refractivity contribution in [1.82, 2.24) is 10.3 Å². The van der Waals surface area contributed by atoms with Crippen LogP contribution in [0.3, 0.4) is 0 Å². The fourth-order valence-corrected chi connectivity index (χ4v) is 1.23. The number of aromatic carboxylic acids is 1. The lowest BCUT2D eigenvalue weighted by Crippen LogP contribution is -2.47. The van der Waals surface area contributed by atoms with Crippen LogP contribution in [0.4, 0.5) is 4.79 Å². The van der Waals surface area contributed by atoms with Gasteiger partial charge >= 0.3 is 6.03 Å². The first-order valence-electron chi connectivity index (χ1n) is 5.45. The normalized spacial score (nSPS) is 9.25. The molecule has 0 spiro atoms. The van der Waals surface area contributed by atoms with E-state index in [9.17, 15) is 14.7 Å². The average Bonchev–Trinajstić information content (AvgIpc) is 2.95. The number of hydrogen-bond acceptors (Lipinski definition) is 5. The first-order chi connectivity index (χ1) is 9.45. The SMILES string of the molecule is CNC(=O)[n+]1cc[nH]c1.O=C([O-])c1cc(O)ccc1O. The Balaban J connectivity index is 0.000000204. The minimum atomic E-state index is -1.52. The number of carboxylic acids is 1. The Morgan fingerprint density at radius 3 is 2.50 bits per heavy atom. The number of phenols is 2. The van der Waals surface area contributed by atoms with Gasteiger partial charge in [0.25, 0.3) is 0 Å². The number of carbonyl (C=O) groups is 2. The second kappa shape index (κ2) is 6.78. The molecule has 0 radical (unpaired) electrons. The Hall–Kier alpha value is -3.03. The number of nitrogens with zero attached hydrogens (tertiary/aromatic N) is 1. The van der Waals surface area contributed by atoms with E-state index in [-0.39, 0.29) is 11.8 Å². The van der Waals surface area contributed by atoms with Crippen molar-refractivity contribution < 1.29 is 29.5 Å². The number of aromatic nitrogens is 2. The molecule has 0 saturated heterocycles. The zero-order valence-corrected chi connectivity index (χ0v) is 10.5. The Morgan fingerprint density at radius 2 is 2.05 bits per heavy atom. The zero-order valence-electron chi connectivity index (χ0n) is 10.5. The van der Waals surface area contributed by atoms with E-state index in [1.165, 1.54) is 10.6 Å². The van der Waals surface area contributed by atoms with Crippen molar-refractivity contribution in [3.05, 3.63) is 42.5 Å². The molecule has 8 nitrogen and oxygen atoms in total. The van der Waals surface area contributed by atoms with Gasteiger partial charge in [0, 0.05) is 5.56 Å². The van der Waals surface area contributed by atoms with Gasteiger partial charge in [0.15, 0.2) is 6.33 Å². The summed E-state index contributed by atoms with van der Waals surface area (Å²) in [5, 5.41) is 30.3. The fourth-order valence-electron chi connectivity index (χ4n) is 1.23. The Labute approximate surface area is 113 Å². The zero-order chi connectivity index (χ0) is 15.1. The maximum atomic E-state index is 10.7. The summed E-state index contributed by atoms with van der Waals surface area (Å²) in [5.41, 5.74) is -0.412. The highest BCUT2D eigenvalue weighted by Crippen LogP contribution is 2.20. The first-order valence-corrected chi connectivity index (χ1v) is 5.45. The third kappa shape index (κ3) is 4.02. The summed E-state index contributed by atoms with van der Waals surface area (Å²) in [6.45, 7) is 0. The summed E-state index contributed by atoms with van der Waals surface area (Å²) >= 11 is 0. The van der Waals surface area contributed by atoms with E-state index in [0.29, 0.717) is 0 Å². The van der Waals surface area contributed by atoms with Gasteiger partial charge in [-0.3, -0.25) is 10.3 Å².